The van der Waals surface area contributed by atoms with E-state index in [-0.39, 0.29) is 12.0 Å². The lowest BCUT2D eigenvalue weighted by molar-refractivity contribution is -0.670. The Hall–Kier alpha value is -1.95. The monoisotopic (exact) mass is 197 g/mol. The molecule has 1 aromatic carbocycles. The first kappa shape index (κ1) is 10.1. The molecule has 2 rings (SSSR count). The zero-order valence-corrected chi connectivity index (χ0v) is 7.18. The minimum Gasteiger partial charge on any atom is -0.539 e. The molecule has 6 heteroatoms. The van der Waals surface area contributed by atoms with Crippen molar-refractivity contribution in [3.05, 3.63) is 36.3 Å². The van der Waals surface area contributed by atoms with Gasteiger partial charge in [0.15, 0.2) is 0 Å². The van der Waals surface area contributed by atoms with Gasteiger partial charge in [0.05, 0.1) is 5.27 Å². The summed E-state index contributed by atoms with van der Waals surface area (Å²) in [5.41, 5.74) is 0.576. The van der Waals surface area contributed by atoms with Crippen LogP contribution in [0.1, 0.15) is 0 Å². The Balaban J connectivity index is 0.000000980. The van der Waals surface area contributed by atoms with Crippen LogP contribution in [0.5, 0.6) is 5.95 Å². The molecule has 0 amide bonds. The maximum Gasteiger partial charge on any atom is 0.239 e. The lowest BCUT2D eigenvalue weighted by Crippen LogP contribution is -2.31. The third kappa shape index (κ3) is 1.86. The smallest absolute Gasteiger partial charge is 0.239 e. The van der Waals surface area contributed by atoms with E-state index in [1.165, 1.54) is 35.1 Å². The molecule has 1 heterocycles. The topological polar surface area (TPSA) is 88.0 Å². The fraction of sp³-hybridized carbons (Fsp3) is 0. The molecular weight excluding hydrogens is 189 g/mol. The summed E-state index contributed by atoms with van der Waals surface area (Å²) < 4.78 is 18.0. The van der Waals surface area contributed by atoms with Crippen LogP contribution in [0.3, 0.4) is 0 Å². The molecule has 0 saturated heterocycles. The summed E-state index contributed by atoms with van der Waals surface area (Å²) in [6.45, 7) is 0. The molecule has 0 radical (unpaired) electrons. The van der Waals surface area contributed by atoms with E-state index in [4.69, 9.17) is 0 Å². The van der Waals surface area contributed by atoms with Crippen molar-refractivity contribution < 1.29 is 18.7 Å². The lowest BCUT2D eigenvalue weighted by Gasteiger charge is -1.87. The van der Waals surface area contributed by atoms with Gasteiger partial charge in [-0.2, -0.15) is 0 Å². The first-order valence-electron chi connectivity index (χ1n) is 3.57. The van der Waals surface area contributed by atoms with E-state index >= 15 is 0 Å². The number of benzene rings is 1. The van der Waals surface area contributed by atoms with E-state index in [0.29, 0.717) is 5.69 Å². The van der Waals surface area contributed by atoms with Gasteiger partial charge in [-0.15, -0.1) is 0 Å². The number of rotatable bonds is 1. The second-order valence-electron chi connectivity index (χ2n) is 2.44. The first-order valence-corrected chi connectivity index (χ1v) is 3.57. The van der Waals surface area contributed by atoms with E-state index in [1.54, 1.807) is 0 Å². The molecule has 0 aliphatic carbocycles. The maximum absolute atomic E-state index is 12.5. The molecule has 74 valence electrons. The van der Waals surface area contributed by atoms with Crippen molar-refractivity contribution >= 4 is 0 Å². The molecule has 0 fully saturated rings. The van der Waals surface area contributed by atoms with Gasteiger partial charge in [-0.3, -0.25) is 0 Å². The Kier molecular flexibility index (Phi) is 2.78. The average molecular weight is 197 g/mol. The minimum atomic E-state index is -0.538. The molecule has 14 heavy (non-hydrogen) atoms. The molecule has 0 aliphatic heterocycles. The average Bonchev–Trinajstić information content (AvgIpc) is 2.53. The Bertz CT molecular complexity index is 413. The van der Waals surface area contributed by atoms with Gasteiger partial charge in [-0.25, -0.2) is 4.39 Å². The van der Waals surface area contributed by atoms with Crippen LogP contribution in [0.2, 0.25) is 0 Å². The summed E-state index contributed by atoms with van der Waals surface area (Å²) >= 11 is 0. The van der Waals surface area contributed by atoms with Crippen molar-refractivity contribution in [3.63, 3.8) is 0 Å². The van der Waals surface area contributed by atoms with Crippen LogP contribution in [0.15, 0.2) is 35.0 Å². The van der Waals surface area contributed by atoms with E-state index in [2.05, 4.69) is 9.79 Å². The Labute approximate surface area is 78.9 Å². The normalized spacial score (nSPS) is 9.50. The highest BCUT2D eigenvalue weighted by Crippen LogP contribution is 2.03. The Morgan fingerprint density at radius 1 is 1.29 bits per heavy atom. The molecule has 1 aromatic heterocycles. The number of hydrogen-bond acceptors (Lipinski definition) is 4. The van der Waals surface area contributed by atoms with Crippen molar-refractivity contribution in [1.29, 1.82) is 0 Å². The molecule has 3 N–H and O–H groups in total. The van der Waals surface area contributed by atoms with Gasteiger partial charge in [0.25, 0.3) is 0 Å². The molecule has 0 aliphatic rings. The molecule has 0 atom stereocenters. The molecule has 0 spiro atoms. The predicted octanol–water partition coefficient (Wildman–Crippen LogP) is 0.326. The van der Waals surface area contributed by atoms with E-state index in [9.17, 15) is 9.50 Å². The SMILES string of the molecule is N.[O-]c1c[n+](-c2ccc(F)cc2)no1. The molecule has 5 nitrogen and oxygen atoms in total. The Morgan fingerprint density at radius 2 is 1.93 bits per heavy atom. The van der Waals surface area contributed by atoms with E-state index < -0.39 is 5.95 Å². The zero-order valence-electron chi connectivity index (χ0n) is 7.18. The summed E-state index contributed by atoms with van der Waals surface area (Å²) in [4.78, 5) is 0. The molecule has 0 bridgehead atoms. The summed E-state index contributed by atoms with van der Waals surface area (Å²) in [6.07, 6.45) is 1.17. The number of nitrogens with zero attached hydrogens (tertiary/aromatic N) is 2. The number of aromatic nitrogens is 2. The molecule has 0 unspecified atom stereocenters. The summed E-state index contributed by atoms with van der Waals surface area (Å²) in [6, 6.07) is 5.55. The zero-order chi connectivity index (χ0) is 9.26. The van der Waals surface area contributed by atoms with Gasteiger partial charge in [-0.1, -0.05) is 0 Å². The van der Waals surface area contributed by atoms with Crippen LogP contribution < -0.4 is 15.9 Å². The molecule has 0 saturated carbocycles. The number of halogens is 1. The van der Waals surface area contributed by atoms with Gasteiger partial charge in [0.1, 0.15) is 11.8 Å². The third-order valence-electron chi connectivity index (χ3n) is 1.54. The van der Waals surface area contributed by atoms with Gasteiger partial charge >= 0.3 is 0 Å². The van der Waals surface area contributed by atoms with Crippen molar-refractivity contribution in [2.75, 3.05) is 0 Å². The second kappa shape index (κ2) is 3.84. The highest BCUT2D eigenvalue weighted by Gasteiger charge is 2.07. The fourth-order valence-corrected chi connectivity index (χ4v) is 0.947. The summed E-state index contributed by atoms with van der Waals surface area (Å²) in [7, 11) is 0. The van der Waals surface area contributed by atoms with Crippen molar-refractivity contribution in [3.8, 4) is 11.6 Å². The quantitative estimate of drug-likeness (QED) is 0.667. The third-order valence-corrected chi connectivity index (χ3v) is 1.54. The predicted molar refractivity (Wildman–Crippen MR) is 42.5 cm³/mol. The second-order valence-corrected chi connectivity index (χ2v) is 2.44. The van der Waals surface area contributed by atoms with Crippen LogP contribution in [-0.4, -0.2) is 5.27 Å². The van der Waals surface area contributed by atoms with Gasteiger partial charge < -0.3 is 15.8 Å². The molecule has 2 aromatic rings. The minimum absolute atomic E-state index is 0. The standard InChI is InChI=1S/C8H5FN2O2.H3N/c9-6-1-3-7(4-2-6)11-5-8(12)13-10-11;/h1-5H;1H3. The van der Waals surface area contributed by atoms with E-state index in [0.717, 1.165) is 0 Å². The first-order chi connectivity index (χ1) is 6.25. The highest BCUT2D eigenvalue weighted by atomic mass is 19.1. The van der Waals surface area contributed by atoms with Crippen molar-refractivity contribution in [2.45, 2.75) is 0 Å². The molecular formula is C8H8FN3O2. The van der Waals surface area contributed by atoms with Crippen LogP contribution >= 0.6 is 0 Å². The van der Waals surface area contributed by atoms with E-state index in [1.807, 2.05) is 0 Å². The van der Waals surface area contributed by atoms with Crippen LogP contribution in [0, 0.1) is 5.82 Å². The van der Waals surface area contributed by atoms with Crippen LogP contribution in [0.4, 0.5) is 4.39 Å². The fourth-order valence-electron chi connectivity index (χ4n) is 0.947. The lowest BCUT2D eigenvalue weighted by atomic mass is 10.3. The maximum atomic E-state index is 12.5. The summed E-state index contributed by atoms with van der Waals surface area (Å²) in [5.74, 6) is -0.875. The van der Waals surface area contributed by atoms with Gasteiger partial charge in [0.2, 0.25) is 11.9 Å². The number of hydrogen-bond donors (Lipinski definition) is 1. The Morgan fingerprint density at radius 3 is 2.43 bits per heavy atom. The summed E-state index contributed by atoms with van der Waals surface area (Å²) in [5, 5.41) is 14.0. The largest absolute Gasteiger partial charge is 0.539 e. The van der Waals surface area contributed by atoms with Crippen LogP contribution in [-0.2, 0) is 0 Å². The highest BCUT2D eigenvalue weighted by molar-refractivity contribution is 5.21. The van der Waals surface area contributed by atoms with Gasteiger partial charge in [-0.05, 0) is 16.8 Å². The van der Waals surface area contributed by atoms with Gasteiger partial charge in [0, 0.05) is 12.1 Å². The van der Waals surface area contributed by atoms with Crippen molar-refractivity contribution in [1.82, 2.24) is 11.4 Å². The van der Waals surface area contributed by atoms with Crippen molar-refractivity contribution in [2.24, 2.45) is 0 Å². The van der Waals surface area contributed by atoms with Crippen LogP contribution in [0.25, 0.3) is 5.69 Å².